The van der Waals surface area contributed by atoms with Crippen molar-refractivity contribution < 1.29 is 9.90 Å². The van der Waals surface area contributed by atoms with Gasteiger partial charge in [-0.1, -0.05) is 36.4 Å². The van der Waals surface area contributed by atoms with Crippen LogP contribution in [0, 0.1) is 0 Å². The number of nitrogens with one attached hydrogen (secondary N) is 2. The molecule has 25 heavy (non-hydrogen) atoms. The van der Waals surface area contributed by atoms with Crippen LogP contribution in [0.3, 0.4) is 0 Å². The Kier molecular flexibility index (Phi) is 4.95. The quantitative estimate of drug-likeness (QED) is 0.784. The molecular weight excluding hydrogens is 314 g/mol. The third kappa shape index (κ3) is 4.12. The molecule has 2 aromatic rings. The molecule has 0 spiro atoms. The SMILES string of the molecule is CC(C)(CO)NC(=O)Nc1ccccc1CN1CCc2ccccc21. The number of nitrogens with zero attached hydrogens (tertiary/aromatic N) is 1. The molecular formula is C20H25N3O2. The van der Waals surface area contributed by atoms with Crippen LogP contribution >= 0.6 is 0 Å². The van der Waals surface area contributed by atoms with Crippen molar-refractivity contribution in [3.63, 3.8) is 0 Å². The van der Waals surface area contributed by atoms with Crippen molar-refractivity contribution in [3.8, 4) is 0 Å². The van der Waals surface area contributed by atoms with E-state index in [0.717, 1.165) is 30.8 Å². The van der Waals surface area contributed by atoms with Gasteiger partial charge in [-0.2, -0.15) is 0 Å². The lowest BCUT2D eigenvalue weighted by atomic mass is 10.1. The Labute approximate surface area is 148 Å². The largest absolute Gasteiger partial charge is 0.394 e. The fraction of sp³-hybridized carbons (Fsp3) is 0.350. The zero-order chi connectivity index (χ0) is 17.9. The molecule has 0 fully saturated rings. The highest BCUT2D eigenvalue weighted by Gasteiger charge is 2.21. The summed E-state index contributed by atoms with van der Waals surface area (Å²) in [7, 11) is 0. The van der Waals surface area contributed by atoms with E-state index in [0.29, 0.717) is 0 Å². The molecule has 5 nitrogen and oxygen atoms in total. The smallest absolute Gasteiger partial charge is 0.319 e. The summed E-state index contributed by atoms with van der Waals surface area (Å²) in [5.74, 6) is 0. The van der Waals surface area contributed by atoms with Gasteiger partial charge >= 0.3 is 6.03 Å². The van der Waals surface area contributed by atoms with Gasteiger partial charge in [0.25, 0.3) is 0 Å². The van der Waals surface area contributed by atoms with Gasteiger partial charge in [-0.05, 0) is 43.5 Å². The number of hydrogen-bond donors (Lipinski definition) is 3. The van der Waals surface area contributed by atoms with Crippen molar-refractivity contribution in [2.24, 2.45) is 0 Å². The average Bonchev–Trinajstić information content (AvgIpc) is 2.99. The molecule has 0 radical (unpaired) electrons. The number of benzene rings is 2. The first-order valence-corrected chi connectivity index (χ1v) is 8.59. The van der Waals surface area contributed by atoms with Crippen LogP contribution in [0.4, 0.5) is 16.2 Å². The number of anilines is 2. The molecule has 3 rings (SSSR count). The Morgan fingerprint density at radius 1 is 1.16 bits per heavy atom. The number of carbonyl (C=O) groups is 1. The van der Waals surface area contributed by atoms with E-state index in [2.05, 4.69) is 39.8 Å². The second-order valence-corrected chi connectivity index (χ2v) is 7.08. The first-order valence-electron chi connectivity index (χ1n) is 8.59. The molecule has 0 saturated carbocycles. The Balaban J connectivity index is 1.73. The van der Waals surface area contributed by atoms with Gasteiger partial charge in [0.05, 0.1) is 12.1 Å². The lowest BCUT2D eigenvalue weighted by Gasteiger charge is -2.25. The fourth-order valence-corrected chi connectivity index (χ4v) is 3.06. The maximum Gasteiger partial charge on any atom is 0.319 e. The summed E-state index contributed by atoms with van der Waals surface area (Å²) in [5, 5.41) is 15.0. The minimum absolute atomic E-state index is 0.118. The van der Waals surface area contributed by atoms with Crippen LogP contribution in [-0.2, 0) is 13.0 Å². The maximum atomic E-state index is 12.2. The van der Waals surface area contributed by atoms with E-state index in [1.165, 1.54) is 11.3 Å². The minimum atomic E-state index is -0.660. The summed E-state index contributed by atoms with van der Waals surface area (Å²) in [6.45, 7) is 5.17. The number of para-hydroxylation sites is 2. The van der Waals surface area contributed by atoms with Crippen molar-refractivity contribution in [3.05, 3.63) is 59.7 Å². The number of carbonyl (C=O) groups excluding carboxylic acids is 1. The molecule has 132 valence electrons. The third-order valence-corrected chi connectivity index (χ3v) is 4.46. The van der Waals surface area contributed by atoms with Gasteiger partial charge in [-0.3, -0.25) is 0 Å². The molecule has 1 aliphatic heterocycles. The highest BCUT2D eigenvalue weighted by atomic mass is 16.3. The van der Waals surface area contributed by atoms with Crippen molar-refractivity contribution in [2.45, 2.75) is 32.4 Å². The number of aliphatic hydroxyl groups excluding tert-OH is 1. The monoisotopic (exact) mass is 339 g/mol. The first kappa shape index (κ1) is 17.3. The number of hydrogen-bond acceptors (Lipinski definition) is 3. The summed E-state index contributed by atoms with van der Waals surface area (Å²) >= 11 is 0. The van der Waals surface area contributed by atoms with Gasteiger partial charge in [0.1, 0.15) is 0 Å². The van der Waals surface area contributed by atoms with E-state index in [1.807, 2.05) is 24.3 Å². The summed E-state index contributed by atoms with van der Waals surface area (Å²) < 4.78 is 0. The molecule has 0 aliphatic carbocycles. The Morgan fingerprint density at radius 3 is 2.68 bits per heavy atom. The molecule has 1 aliphatic rings. The van der Waals surface area contributed by atoms with E-state index < -0.39 is 5.54 Å². The predicted octanol–water partition coefficient (Wildman–Crippen LogP) is 3.14. The number of aliphatic hydroxyl groups is 1. The minimum Gasteiger partial charge on any atom is -0.394 e. The topological polar surface area (TPSA) is 64.6 Å². The van der Waals surface area contributed by atoms with Gasteiger partial charge in [-0.25, -0.2) is 4.79 Å². The van der Waals surface area contributed by atoms with Gasteiger partial charge in [0.2, 0.25) is 0 Å². The summed E-state index contributed by atoms with van der Waals surface area (Å²) in [5.41, 5.74) is 3.83. The van der Waals surface area contributed by atoms with E-state index in [4.69, 9.17) is 0 Å². The molecule has 2 aromatic carbocycles. The van der Waals surface area contributed by atoms with Crippen LogP contribution in [0.15, 0.2) is 48.5 Å². The molecule has 0 saturated heterocycles. The molecule has 5 heteroatoms. The van der Waals surface area contributed by atoms with Gasteiger partial charge in [-0.15, -0.1) is 0 Å². The number of urea groups is 1. The number of fused-ring (bicyclic) bond motifs is 1. The van der Waals surface area contributed by atoms with E-state index in [9.17, 15) is 9.90 Å². The summed E-state index contributed by atoms with van der Waals surface area (Å²) in [6, 6.07) is 16.0. The standard InChI is InChI=1S/C20H25N3O2/c1-20(2,14-24)22-19(25)21-17-9-5-3-8-16(17)13-23-12-11-15-7-4-6-10-18(15)23/h3-10,24H,11-14H2,1-2H3,(H2,21,22,25). The highest BCUT2D eigenvalue weighted by molar-refractivity contribution is 5.90. The summed E-state index contributed by atoms with van der Waals surface area (Å²) in [6.07, 6.45) is 1.05. The zero-order valence-electron chi connectivity index (χ0n) is 14.7. The Hall–Kier alpha value is -2.53. The maximum absolute atomic E-state index is 12.2. The molecule has 3 N–H and O–H groups in total. The number of amides is 2. The van der Waals surface area contributed by atoms with Crippen LogP contribution in [0.25, 0.3) is 0 Å². The fourth-order valence-electron chi connectivity index (χ4n) is 3.06. The average molecular weight is 339 g/mol. The third-order valence-electron chi connectivity index (χ3n) is 4.46. The second kappa shape index (κ2) is 7.15. The van der Waals surface area contributed by atoms with Crippen LogP contribution in [-0.4, -0.2) is 29.8 Å². The van der Waals surface area contributed by atoms with Crippen LogP contribution in [0.1, 0.15) is 25.0 Å². The Bertz CT molecular complexity index is 758. The summed E-state index contributed by atoms with van der Waals surface area (Å²) in [4.78, 5) is 14.6. The van der Waals surface area contributed by atoms with E-state index >= 15 is 0 Å². The predicted molar refractivity (Wildman–Crippen MR) is 101 cm³/mol. The zero-order valence-corrected chi connectivity index (χ0v) is 14.7. The molecule has 0 atom stereocenters. The normalized spacial score (nSPS) is 13.5. The molecule has 0 unspecified atom stereocenters. The van der Waals surface area contributed by atoms with Crippen molar-refractivity contribution >= 4 is 17.4 Å². The molecule has 0 aromatic heterocycles. The molecule has 1 heterocycles. The van der Waals surface area contributed by atoms with Gasteiger partial charge in [0.15, 0.2) is 0 Å². The first-order chi connectivity index (χ1) is 12.0. The van der Waals surface area contributed by atoms with Crippen molar-refractivity contribution in [1.29, 1.82) is 0 Å². The van der Waals surface area contributed by atoms with Crippen LogP contribution < -0.4 is 15.5 Å². The molecule has 0 bridgehead atoms. The molecule has 2 amide bonds. The van der Waals surface area contributed by atoms with E-state index in [-0.39, 0.29) is 12.6 Å². The van der Waals surface area contributed by atoms with E-state index in [1.54, 1.807) is 13.8 Å². The lowest BCUT2D eigenvalue weighted by molar-refractivity contribution is 0.187. The highest BCUT2D eigenvalue weighted by Crippen LogP contribution is 2.30. The van der Waals surface area contributed by atoms with Crippen molar-refractivity contribution in [2.75, 3.05) is 23.4 Å². The lowest BCUT2D eigenvalue weighted by Crippen LogP contribution is -2.48. The number of rotatable bonds is 5. The van der Waals surface area contributed by atoms with Crippen LogP contribution in [0.2, 0.25) is 0 Å². The van der Waals surface area contributed by atoms with Crippen molar-refractivity contribution in [1.82, 2.24) is 5.32 Å². The van der Waals surface area contributed by atoms with Gasteiger partial charge < -0.3 is 20.6 Å². The van der Waals surface area contributed by atoms with Crippen LogP contribution in [0.5, 0.6) is 0 Å². The second-order valence-electron chi connectivity index (χ2n) is 7.08. The van der Waals surface area contributed by atoms with Gasteiger partial charge in [0, 0.05) is 24.5 Å². The Morgan fingerprint density at radius 2 is 1.88 bits per heavy atom.